The molecule has 0 aliphatic heterocycles. The molecule has 0 radical (unpaired) electrons. The van der Waals surface area contributed by atoms with Crippen molar-refractivity contribution in [2.24, 2.45) is 5.92 Å². The van der Waals surface area contributed by atoms with Crippen LogP contribution in [0.3, 0.4) is 0 Å². The van der Waals surface area contributed by atoms with Crippen LogP contribution in [0.2, 0.25) is 0 Å². The summed E-state index contributed by atoms with van der Waals surface area (Å²) in [5, 5.41) is 7.17. The first-order chi connectivity index (χ1) is 18.9. The number of carbonyl (C=O) groups is 3. The number of allylic oxidation sites excluding steroid dienone is 2. The Kier molecular flexibility index (Phi) is 10.3. The van der Waals surface area contributed by atoms with Crippen LogP contribution < -0.4 is 18.9 Å². The number of Topliss-reactive ketones (excluding diaryl/α,β-unsaturated/α-hetero) is 1. The second-order valence-electron chi connectivity index (χ2n) is 8.28. The smallest absolute Gasteiger partial charge is 0.174 e. The summed E-state index contributed by atoms with van der Waals surface area (Å²) in [4.78, 5) is 39.4. The van der Waals surface area contributed by atoms with Gasteiger partial charge in [-0.15, -0.1) is 0 Å². The second kappa shape index (κ2) is 14.1. The average molecular weight is 528 g/mol. The zero-order chi connectivity index (χ0) is 28.2. The van der Waals surface area contributed by atoms with Gasteiger partial charge in [0, 0.05) is 12.0 Å². The van der Waals surface area contributed by atoms with E-state index in [1.807, 2.05) is 0 Å². The summed E-state index contributed by atoms with van der Waals surface area (Å²) in [7, 11) is 4.51. The summed E-state index contributed by atoms with van der Waals surface area (Å²) >= 11 is 0. The number of ether oxygens (including phenoxy) is 4. The summed E-state index contributed by atoms with van der Waals surface area (Å²) < 4.78 is 20.9. The molecular weight excluding hydrogens is 498 g/mol. The van der Waals surface area contributed by atoms with E-state index < -0.39 is 17.5 Å². The van der Waals surface area contributed by atoms with Gasteiger partial charge in [0.1, 0.15) is 0 Å². The van der Waals surface area contributed by atoms with Gasteiger partial charge in [0.2, 0.25) is 0 Å². The molecule has 0 spiro atoms. The number of ketones is 3. The molecule has 3 rings (SSSR count). The van der Waals surface area contributed by atoms with Crippen molar-refractivity contribution in [2.75, 3.05) is 21.3 Å². The summed E-state index contributed by atoms with van der Waals surface area (Å²) in [6.07, 6.45) is 6.12. The normalized spacial score (nSPS) is 11.7. The molecule has 0 bridgehead atoms. The van der Waals surface area contributed by atoms with Gasteiger partial charge in [0.25, 0.3) is 0 Å². The van der Waals surface area contributed by atoms with Crippen molar-refractivity contribution in [1.82, 2.24) is 0 Å². The van der Waals surface area contributed by atoms with E-state index in [9.17, 15) is 14.4 Å². The van der Waals surface area contributed by atoms with Gasteiger partial charge in [0.15, 0.2) is 46.7 Å². The molecule has 0 amide bonds. The Bertz CT molecular complexity index is 1390. The Morgan fingerprint density at radius 3 is 1.74 bits per heavy atom. The third-order valence-corrected chi connectivity index (χ3v) is 5.83. The van der Waals surface area contributed by atoms with Crippen molar-refractivity contribution in [1.29, 1.82) is 5.41 Å². The maximum absolute atomic E-state index is 13.2. The quantitative estimate of drug-likeness (QED) is 0.0975. The Balaban J connectivity index is 1.87. The number of benzene rings is 3. The van der Waals surface area contributed by atoms with Crippen LogP contribution in [-0.4, -0.2) is 45.1 Å². The molecule has 0 heterocycles. The fourth-order valence-corrected chi connectivity index (χ4v) is 3.77. The molecule has 0 saturated carbocycles. The molecule has 8 heteroatoms. The van der Waals surface area contributed by atoms with Crippen LogP contribution in [0.5, 0.6) is 23.0 Å². The predicted molar refractivity (Wildman–Crippen MR) is 149 cm³/mol. The summed E-state index contributed by atoms with van der Waals surface area (Å²) in [5.41, 5.74) is 1.66. The number of rotatable bonds is 14. The highest BCUT2D eigenvalue weighted by molar-refractivity contribution is 6.16. The van der Waals surface area contributed by atoms with Gasteiger partial charge in [-0.05, 0) is 47.5 Å². The number of methoxy groups -OCH3 is 3. The third-order valence-electron chi connectivity index (χ3n) is 5.83. The van der Waals surface area contributed by atoms with Gasteiger partial charge in [-0.2, -0.15) is 0 Å². The van der Waals surface area contributed by atoms with Gasteiger partial charge >= 0.3 is 0 Å². The zero-order valence-electron chi connectivity index (χ0n) is 21.9. The molecule has 1 atom stereocenters. The molecule has 200 valence electrons. The van der Waals surface area contributed by atoms with Gasteiger partial charge in [-0.1, -0.05) is 54.6 Å². The second-order valence-corrected chi connectivity index (χ2v) is 8.28. The van der Waals surface area contributed by atoms with Crippen molar-refractivity contribution in [2.45, 2.75) is 6.42 Å². The molecule has 0 aliphatic carbocycles. The fraction of sp³-hybridized carbons (Fsp3) is 0.161. The first kappa shape index (κ1) is 28.6. The minimum Gasteiger partial charge on any atom is -0.493 e. The van der Waals surface area contributed by atoms with E-state index in [2.05, 4.69) is 0 Å². The van der Waals surface area contributed by atoms with Crippen LogP contribution in [0.25, 0.3) is 12.2 Å². The lowest BCUT2D eigenvalue weighted by Crippen LogP contribution is -2.24. The molecule has 1 unspecified atom stereocenters. The maximum atomic E-state index is 13.2. The number of nitrogens with one attached hydrogen (secondary N) is 1. The number of carbonyl (C=O) groups excluding carboxylic acids is 3. The molecule has 0 saturated heterocycles. The topological polar surface area (TPSA) is 112 Å². The third kappa shape index (κ3) is 7.75. The predicted octanol–water partition coefficient (Wildman–Crippen LogP) is 5.45. The van der Waals surface area contributed by atoms with Crippen LogP contribution in [-0.2, 0) is 9.59 Å². The van der Waals surface area contributed by atoms with E-state index in [4.69, 9.17) is 24.4 Å². The van der Waals surface area contributed by atoms with Crippen LogP contribution in [0.4, 0.5) is 0 Å². The van der Waals surface area contributed by atoms with E-state index in [1.165, 1.54) is 39.6 Å². The molecule has 0 aromatic heterocycles. The van der Waals surface area contributed by atoms with E-state index in [0.29, 0.717) is 39.7 Å². The molecular formula is C31H29NO7. The SMILES string of the molecule is COc1ccc(/C=C/C(=O)C(CC(=O)c2ccccc2)C(=O)/C=C/c2ccc(OC)c(OC=N)c2)cc1OC. The van der Waals surface area contributed by atoms with Crippen LogP contribution >= 0.6 is 0 Å². The van der Waals surface area contributed by atoms with E-state index in [-0.39, 0.29) is 12.2 Å². The molecule has 0 fully saturated rings. The fourth-order valence-electron chi connectivity index (χ4n) is 3.77. The first-order valence-corrected chi connectivity index (χ1v) is 12.0. The Morgan fingerprint density at radius 2 is 1.23 bits per heavy atom. The highest BCUT2D eigenvalue weighted by Gasteiger charge is 2.26. The van der Waals surface area contributed by atoms with Crippen molar-refractivity contribution in [3.63, 3.8) is 0 Å². The average Bonchev–Trinajstić information content (AvgIpc) is 2.97. The monoisotopic (exact) mass is 527 g/mol. The number of hydrogen-bond acceptors (Lipinski definition) is 8. The van der Waals surface area contributed by atoms with E-state index >= 15 is 0 Å². The Labute approximate surface area is 227 Å². The molecule has 3 aromatic rings. The molecule has 39 heavy (non-hydrogen) atoms. The van der Waals surface area contributed by atoms with Crippen LogP contribution in [0.15, 0.2) is 78.9 Å². The molecule has 0 aliphatic rings. The van der Waals surface area contributed by atoms with Gasteiger partial charge in [-0.25, -0.2) is 0 Å². The first-order valence-electron chi connectivity index (χ1n) is 12.0. The van der Waals surface area contributed by atoms with Gasteiger partial charge in [0.05, 0.1) is 27.2 Å². The van der Waals surface area contributed by atoms with Crippen molar-refractivity contribution < 1.29 is 33.3 Å². The molecule has 8 nitrogen and oxygen atoms in total. The summed E-state index contributed by atoms with van der Waals surface area (Å²) in [5.74, 6) is -0.816. The highest BCUT2D eigenvalue weighted by atomic mass is 16.5. The van der Waals surface area contributed by atoms with Crippen molar-refractivity contribution in [3.05, 3.63) is 95.6 Å². The van der Waals surface area contributed by atoms with Crippen molar-refractivity contribution in [3.8, 4) is 23.0 Å². The van der Waals surface area contributed by atoms with Crippen LogP contribution in [0.1, 0.15) is 27.9 Å². The highest BCUT2D eigenvalue weighted by Crippen LogP contribution is 2.29. The van der Waals surface area contributed by atoms with Crippen LogP contribution in [0, 0.1) is 11.3 Å². The maximum Gasteiger partial charge on any atom is 0.174 e. The zero-order valence-corrected chi connectivity index (χ0v) is 21.9. The molecule has 3 aromatic carbocycles. The Hall–Kier alpha value is -4.98. The minimum atomic E-state index is -1.22. The Morgan fingerprint density at radius 1 is 0.718 bits per heavy atom. The standard InChI is InChI=1S/C31H29NO7/c1-36-28-15-11-21(17-30(28)38-3)9-13-25(33)24(19-27(35)23-7-5-4-6-8-23)26(34)14-10-22-12-16-29(37-2)31(18-22)39-20-32/h4-18,20,24,32H,19H2,1-3H3/b13-9+,14-10+,32-20?. The summed E-state index contributed by atoms with van der Waals surface area (Å²) in [6, 6.07) is 18.6. The number of hydrogen-bond donors (Lipinski definition) is 1. The lowest BCUT2D eigenvalue weighted by molar-refractivity contribution is -0.127. The molecule has 1 N–H and O–H groups in total. The van der Waals surface area contributed by atoms with Gasteiger partial charge in [-0.3, -0.25) is 19.8 Å². The lowest BCUT2D eigenvalue weighted by atomic mass is 9.89. The van der Waals surface area contributed by atoms with E-state index in [0.717, 1.165) is 6.40 Å². The largest absolute Gasteiger partial charge is 0.493 e. The minimum absolute atomic E-state index is 0.285. The lowest BCUT2D eigenvalue weighted by Gasteiger charge is -2.11. The van der Waals surface area contributed by atoms with Gasteiger partial charge < -0.3 is 18.9 Å². The van der Waals surface area contributed by atoms with Crippen molar-refractivity contribution >= 4 is 35.9 Å². The summed E-state index contributed by atoms with van der Waals surface area (Å²) in [6.45, 7) is 0. The van der Waals surface area contributed by atoms with E-state index in [1.54, 1.807) is 72.8 Å².